The van der Waals surface area contributed by atoms with Crippen molar-refractivity contribution in [3.63, 3.8) is 0 Å². The summed E-state index contributed by atoms with van der Waals surface area (Å²) in [5.41, 5.74) is 1.23. The number of hydrogen-bond donors (Lipinski definition) is 1. The quantitative estimate of drug-likeness (QED) is 0.586. The van der Waals surface area contributed by atoms with Crippen LogP contribution in [0.25, 0.3) is 0 Å². The van der Waals surface area contributed by atoms with Crippen LogP contribution >= 0.6 is 0 Å². The van der Waals surface area contributed by atoms with Crippen LogP contribution in [0, 0.1) is 5.92 Å². The molecule has 0 aromatic rings. The summed E-state index contributed by atoms with van der Waals surface area (Å²) in [6, 6.07) is 0. The Morgan fingerprint density at radius 3 is 3.00 bits per heavy atom. The summed E-state index contributed by atoms with van der Waals surface area (Å²) >= 11 is 0. The summed E-state index contributed by atoms with van der Waals surface area (Å²) in [5.74, 6) is 0.579. The lowest BCUT2D eigenvalue weighted by molar-refractivity contribution is 0.273. The molecule has 9 heavy (non-hydrogen) atoms. The molecule has 0 aromatic carbocycles. The van der Waals surface area contributed by atoms with E-state index in [4.69, 9.17) is 5.11 Å². The maximum Gasteiger partial charge on any atom is 0.0437 e. The van der Waals surface area contributed by atoms with Gasteiger partial charge in [-0.05, 0) is 19.8 Å². The number of rotatable bonds is 2. The first-order valence-electron chi connectivity index (χ1n) is 3.46. The smallest absolute Gasteiger partial charge is 0.0437 e. The highest BCUT2D eigenvalue weighted by Gasteiger charge is 2.15. The SMILES string of the molecule is CC1=NCCC1CCO. The highest BCUT2D eigenvalue weighted by atomic mass is 16.3. The number of hydrogen-bond acceptors (Lipinski definition) is 2. The predicted molar refractivity (Wildman–Crippen MR) is 37.8 cm³/mol. The van der Waals surface area contributed by atoms with Crippen molar-refractivity contribution in [2.24, 2.45) is 10.9 Å². The van der Waals surface area contributed by atoms with Crippen molar-refractivity contribution in [2.75, 3.05) is 13.2 Å². The van der Waals surface area contributed by atoms with Gasteiger partial charge in [-0.1, -0.05) is 0 Å². The fourth-order valence-electron chi connectivity index (χ4n) is 1.24. The van der Waals surface area contributed by atoms with Crippen LogP contribution in [-0.2, 0) is 0 Å². The molecule has 0 spiro atoms. The Labute approximate surface area is 55.6 Å². The molecule has 0 fully saturated rings. The standard InChI is InChI=1S/C7H13NO/c1-6-7(3-5-9)2-4-8-6/h7,9H,2-5H2,1H3. The maximum atomic E-state index is 8.59. The Balaban J connectivity index is 2.34. The minimum absolute atomic E-state index is 0.303. The molecule has 0 amide bonds. The molecule has 0 bridgehead atoms. The highest BCUT2D eigenvalue weighted by molar-refractivity contribution is 5.85. The van der Waals surface area contributed by atoms with Gasteiger partial charge in [-0.15, -0.1) is 0 Å². The second kappa shape index (κ2) is 2.97. The van der Waals surface area contributed by atoms with Crippen molar-refractivity contribution >= 4 is 5.71 Å². The minimum atomic E-state index is 0.303. The molecule has 2 heteroatoms. The topological polar surface area (TPSA) is 32.6 Å². The summed E-state index contributed by atoms with van der Waals surface area (Å²) in [5, 5.41) is 8.59. The van der Waals surface area contributed by atoms with Crippen molar-refractivity contribution in [1.29, 1.82) is 0 Å². The number of aliphatic hydroxyl groups excluding tert-OH is 1. The van der Waals surface area contributed by atoms with Crippen LogP contribution in [0.2, 0.25) is 0 Å². The maximum absolute atomic E-state index is 8.59. The van der Waals surface area contributed by atoms with Crippen molar-refractivity contribution in [3.8, 4) is 0 Å². The van der Waals surface area contributed by atoms with E-state index in [-0.39, 0.29) is 0 Å². The average molecular weight is 127 g/mol. The van der Waals surface area contributed by atoms with E-state index in [1.165, 1.54) is 5.71 Å². The molecular formula is C7H13NO. The second-order valence-electron chi connectivity index (χ2n) is 2.52. The Hall–Kier alpha value is -0.370. The van der Waals surface area contributed by atoms with Gasteiger partial charge in [-0.3, -0.25) is 4.99 Å². The molecule has 0 radical (unpaired) electrons. The van der Waals surface area contributed by atoms with E-state index in [2.05, 4.69) is 4.99 Å². The summed E-state index contributed by atoms with van der Waals surface area (Å²) in [6.07, 6.45) is 2.04. The van der Waals surface area contributed by atoms with Gasteiger partial charge in [0.15, 0.2) is 0 Å². The molecule has 1 rings (SSSR count). The molecule has 2 nitrogen and oxygen atoms in total. The first-order valence-corrected chi connectivity index (χ1v) is 3.46. The summed E-state index contributed by atoms with van der Waals surface area (Å²) in [6.45, 7) is 3.32. The van der Waals surface area contributed by atoms with E-state index in [1.807, 2.05) is 6.92 Å². The van der Waals surface area contributed by atoms with Gasteiger partial charge in [-0.2, -0.15) is 0 Å². The number of aliphatic hydroxyl groups is 1. The Kier molecular flexibility index (Phi) is 2.22. The Morgan fingerprint density at radius 1 is 1.78 bits per heavy atom. The molecule has 0 saturated heterocycles. The summed E-state index contributed by atoms with van der Waals surface area (Å²) in [4.78, 5) is 4.24. The van der Waals surface area contributed by atoms with Crippen LogP contribution in [0.5, 0.6) is 0 Å². The summed E-state index contributed by atoms with van der Waals surface area (Å²) in [7, 11) is 0. The average Bonchev–Trinajstić information content (AvgIpc) is 2.18. The van der Waals surface area contributed by atoms with Crippen LogP contribution < -0.4 is 0 Å². The van der Waals surface area contributed by atoms with Crippen LogP contribution in [0.15, 0.2) is 4.99 Å². The number of nitrogens with zero attached hydrogens (tertiary/aromatic N) is 1. The third-order valence-corrected chi connectivity index (χ3v) is 1.91. The predicted octanol–water partition coefficient (Wildman–Crippen LogP) is 0.850. The molecule has 1 heterocycles. The van der Waals surface area contributed by atoms with E-state index >= 15 is 0 Å². The lowest BCUT2D eigenvalue weighted by Gasteiger charge is -2.05. The Bertz CT molecular complexity index is 120. The van der Waals surface area contributed by atoms with Crippen LogP contribution in [0.4, 0.5) is 0 Å². The van der Waals surface area contributed by atoms with Crippen molar-refractivity contribution < 1.29 is 5.11 Å². The second-order valence-corrected chi connectivity index (χ2v) is 2.52. The fourth-order valence-corrected chi connectivity index (χ4v) is 1.24. The van der Waals surface area contributed by atoms with E-state index in [0.29, 0.717) is 12.5 Å². The van der Waals surface area contributed by atoms with Gasteiger partial charge in [0.25, 0.3) is 0 Å². The van der Waals surface area contributed by atoms with Gasteiger partial charge in [-0.25, -0.2) is 0 Å². The fraction of sp³-hybridized carbons (Fsp3) is 0.857. The molecule has 1 atom stereocenters. The van der Waals surface area contributed by atoms with Crippen LogP contribution in [0.3, 0.4) is 0 Å². The van der Waals surface area contributed by atoms with E-state index < -0.39 is 0 Å². The lowest BCUT2D eigenvalue weighted by Crippen LogP contribution is -2.07. The first-order chi connectivity index (χ1) is 4.34. The molecule has 0 saturated carbocycles. The molecule has 1 aliphatic heterocycles. The zero-order valence-corrected chi connectivity index (χ0v) is 5.80. The van der Waals surface area contributed by atoms with E-state index in [0.717, 1.165) is 19.4 Å². The van der Waals surface area contributed by atoms with Crippen molar-refractivity contribution in [1.82, 2.24) is 0 Å². The van der Waals surface area contributed by atoms with Crippen LogP contribution in [-0.4, -0.2) is 24.0 Å². The molecule has 52 valence electrons. The monoisotopic (exact) mass is 127 g/mol. The van der Waals surface area contributed by atoms with E-state index in [9.17, 15) is 0 Å². The van der Waals surface area contributed by atoms with Gasteiger partial charge in [0.1, 0.15) is 0 Å². The van der Waals surface area contributed by atoms with Gasteiger partial charge >= 0.3 is 0 Å². The Morgan fingerprint density at radius 2 is 2.56 bits per heavy atom. The molecule has 0 aliphatic carbocycles. The minimum Gasteiger partial charge on any atom is -0.396 e. The van der Waals surface area contributed by atoms with Gasteiger partial charge in [0.2, 0.25) is 0 Å². The zero-order valence-electron chi connectivity index (χ0n) is 5.80. The largest absolute Gasteiger partial charge is 0.396 e. The third-order valence-electron chi connectivity index (χ3n) is 1.91. The molecule has 1 unspecified atom stereocenters. The van der Waals surface area contributed by atoms with Crippen molar-refractivity contribution in [3.05, 3.63) is 0 Å². The lowest BCUT2D eigenvalue weighted by atomic mass is 10.0. The molecule has 0 aromatic heterocycles. The van der Waals surface area contributed by atoms with E-state index in [1.54, 1.807) is 0 Å². The highest BCUT2D eigenvalue weighted by Crippen LogP contribution is 2.16. The normalized spacial score (nSPS) is 26.4. The van der Waals surface area contributed by atoms with Gasteiger partial charge in [0.05, 0.1) is 0 Å². The molecular weight excluding hydrogens is 114 g/mol. The van der Waals surface area contributed by atoms with Crippen molar-refractivity contribution in [2.45, 2.75) is 19.8 Å². The molecule has 1 aliphatic rings. The third kappa shape index (κ3) is 1.52. The molecule has 1 N–H and O–H groups in total. The van der Waals surface area contributed by atoms with Gasteiger partial charge in [0, 0.05) is 24.8 Å². The zero-order chi connectivity index (χ0) is 6.69. The first kappa shape index (κ1) is 6.75. The van der Waals surface area contributed by atoms with Gasteiger partial charge < -0.3 is 5.11 Å². The van der Waals surface area contributed by atoms with Crippen LogP contribution in [0.1, 0.15) is 19.8 Å². The number of aliphatic imine (C=N–C) groups is 1. The summed E-state index contributed by atoms with van der Waals surface area (Å²) < 4.78 is 0.